The summed E-state index contributed by atoms with van der Waals surface area (Å²) in [5.74, 6) is -0.189. The second-order valence-corrected chi connectivity index (χ2v) is 5.79. The van der Waals surface area contributed by atoms with Crippen LogP contribution >= 0.6 is 0 Å². The molecule has 1 aromatic rings. The Morgan fingerprint density at radius 3 is 2.17 bits per heavy atom. The van der Waals surface area contributed by atoms with Crippen LogP contribution in [0.3, 0.4) is 0 Å². The van der Waals surface area contributed by atoms with Crippen molar-refractivity contribution in [3.05, 3.63) is 29.8 Å². The maximum Gasteiger partial charge on any atom is 0.341 e. The van der Waals surface area contributed by atoms with Gasteiger partial charge in [0.25, 0.3) is 0 Å². The molecule has 5 nitrogen and oxygen atoms in total. The predicted octanol–water partition coefficient (Wildman–Crippen LogP) is 3.32. The summed E-state index contributed by atoms with van der Waals surface area (Å²) >= 11 is 0. The molecule has 0 aliphatic heterocycles. The Kier molecular flexibility index (Phi) is 8.16. The second-order valence-electron chi connectivity index (χ2n) is 5.79. The van der Waals surface area contributed by atoms with Crippen LogP contribution in [0.25, 0.3) is 0 Å². The molecular weight excluding hydrogens is 294 g/mol. The molecule has 0 aromatic heterocycles. The van der Waals surface area contributed by atoms with Gasteiger partial charge in [-0.1, -0.05) is 38.8 Å². The van der Waals surface area contributed by atoms with Gasteiger partial charge in [0, 0.05) is 19.5 Å². The molecule has 1 N–H and O–H groups in total. The molecule has 23 heavy (non-hydrogen) atoms. The van der Waals surface area contributed by atoms with E-state index in [-0.39, 0.29) is 18.4 Å². The monoisotopic (exact) mass is 321 g/mol. The molecule has 0 spiro atoms. The average Bonchev–Trinajstić information content (AvgIpc) is 2.53. The third-order valence-electron chi connectivity index (χ3n) is 3.71. The van der Waals surface area contributed by atoms with Crippen LogP contribution in [0.4, 0.5) is 0 Å². The molecule has 0 aliphatic carbocycles. The van der Waals surface area contributed by atoms with E-state index in [1.807, 2.05) is 19.2 Å². The van der Waals surface area contributed by atoms with Crippen LogP contribution in [0.15, 0.2) is 24.3 Å². The standard InChI is InChI=1S/C18H27NO4/c1-4-6-15(7-5-2)18(22)19(3)12-14-8-10-16(11-9-14)23-13-17(20)21/h8-11,15H,4-7,12-13H2,1-3H3,(H,20,21). The summed E-state index contributed by atoms with van der Waals surface area (Å²) in [5, 5.41) is 8.58. The molecule has 0 aliphatic rings. The van der Waals surface area contributed by atoms with Crippen molar-refractivity contribution in [1.82, 2.24) is 4.90 Å². The molecule has 0 atom stereocenters. The maximum atomic E-state index is 12.5. The van der Waals surface area contributed by atoms with Crippen molar-refractivity contribution in [1.29, 1.82) is 0 Å². The number of rotatable bonds is 10. The zero-order chi connectivity index (χ0) is 17.2. The molecule has 0 saturated heterocycles. The fourth-order valence-electron chi connectivity index (χ4n) is 2.59. The zero-order valence-corrected chi connectivity index (χ0v) is 14.2. The summed E-state index contributed by atoms with van der Waals surface area (Å²) in [6.07, 6.45) is 3.89. The summed E-state index contributed by atoms with van der Waals surface area (Å²) in [6, 6.07) is 7.17. The van der Waals surface area contributed by atoms with Crippen molar-refractivity contribution in [3.63, 3.8) is 0 Å². The van der Waals surface area contributed by atoms with Gasteiger partial charge in [-0.3, -0.25) is 4.79 Å². The molecule has 1 rings (SSSR count). The van der Waals surface area contributed by atoms with Crippen LogP contribution in [-0.2, 0) is 16.1 Å². The Morgan fingerprint density at radius 1 is 1.13 bits per heavy atom. The maximum absolute atomic E-state index is 12.5. The minimum atomic E-state index is -1.00. The molecule has 0 fully saturated rings. The summed E-state index contributed by atoms with van der Waals surface area (Å²) in [6.45, 7) is 4.40. The highest BCUT2D eigenvalue weighted by Crippen LogP contribution is 2.18. The highest BCUT2D eigenvalue weighted by atomic mass is 16.5. The Morgan fingerprint density at radius 2 is 1.70 bits per heavy atom. The van der Waals surface area contributed by atoms with E-state index < -0.39 is 5.97 Å². The van der Waals surface area contributed by atoms with Crippen LogP contribution in [0.5, 0.6) is 5.75 Å². The number of hydrogen-bond acceptors (Lipinski definition) is 3. The lowest BCUT2D eigenvalue weighted by atomic mass is 9.96. The van der Waals surface area contributed by atoms with Crippen molar-refractivity contribution in [2.45, 2.75) is 46.1 Å². The SMILES string of the molecule is CCCC(CCC)C(=O)N(C)Cc1ccc(OCC(=O)O)cc1. The fourth-order valence-corrected chi connectivity index (χ4v) is 2.59. The molecular formula is C18H27NO4. The first-order valence-electron chi connectivity index (χ1n) is 8.16. The lowest BCUT2D eigenvalue weighted by molar-refractivity contribution is -0.139. The van der Waals surface area contributed by atoms with E-state index in [1.165, 1.54) is 0 Å². The van der Waals surface area contributed by atoms with Gasteiger partial charge in [-0.25, -0.2) is 4.79 Å². The van der Waals surface area contributed by atoms with Crippen LogP contribution in [0.1, 0.15) is 45.1 Å². The van der Waals surface area contributed by atoms with Crippen molar-refractivity contribution in [3.8, 4) is 5.75 Å². The van der Waals surface area contributed by atoms with Crippen molar-refractivity contribution in [2.24, 2.45) is 5.92 Å². The van der Waals surface area contributed by atoms with Gasteiger partial charge in [0.05, 0.1) is 0 Å². The van der Waals surface area contributed by atoms with Gasteiger partial charge in [-0.15, -0.1) is 0 Å². The van der Waals surface area contributed by atoms with E-state index in [2.05, 4.69) is 13.8 Å². The molecule has 128 valence electrons. The van der Waals surface area contributed by atoms with Crippen molar-refractivity contribution < 1.29 is 19.4 Å². The molecule has 0 heterocycles. The number of nitrogens with zero attached hydrogens (tertiary/aromatic N) is 1. The first-order chi connectivity index (χ1) is 11.0. The first kappa shape index (κ1) is 19.0. The number of carboxylic acids is 1. The third kappa shape index (κ3) is 6.72. The van der Waals surface area contributed by atoms with Crippen molar-refractivity contribution >= 4 is 11.9 Å². The largest absolute Gasteiger partial charge is 0.482 e. The molecule has 0 saturated carbocycles. The second kappa shape index (κ2) is 9.87. The number of carbonyl (C=O) groups is 2. The van der Waals surface area contributed by atoms with Gasteiger partial charge in [-0.2, -0.15) is 0 Å². The molecule has 0 bridgehead atoms. The highest BCUT2D eigenvalue weighted by Gasteiger charge is 2.20. The first-order valence-corrected chi connectivity index (χ1v) is 8.16. The lowest BCUT2D eigenvalue weighted by Gasteiger charge is -2.23. The topological polar surface area (TPSA) is 66.8 Å². The Bertz CT molecular complexity index is 492. The third-order valence-corrected chi connectivity index (χ3v) is 3.71. The number of carboxylic acid groups (broad SMARTS) is 1. The number of benzene rings is 1. The Hall–Kier alpha value is -2.04. The van der Waals surface area contributed by atoms with Gasteiger partial charge >= 0.3 is 5.97 Å². The molecule has 0 unspecified atom stereocenters. The Balaban J connectivity index is 2.60. The van der Waals surface area contributed by atoms with Crippen LogP contribution < -0.4 is 4.74 Å². The molecule has 0 radical (unpaired) electrons. The number of ether oxygens (including phenoxy) is 1. The minimum absolute atomic E-state index is 0.105. The van der Waals surface area contributed by atoms with Crippen LogP contribution in [0.2, 0.25) is 0 Å². The van der Waals surface area contributed by atoms with Crippen molar-refractivity contribution in [2.75, 3.05) is 13.7 Å². The Labute approximate surface area is 138 Å². The zero-order valence-electron chi connectivity index (χ0n) is 14.2. The van der Waals surface area contributed by atoms with E-state index >= 15 is 0 Å². The lowest BCUT2D eigenvalue weighted by Crippen LogP contribution is -2.32. The van der Waals surface area contributed by atoms with E-state index in [0.717, 1.165) is 31.2 Å². The van der Waals surface area contributed by atoms with Crippen LogP contribution in [0, 0.1) is 5.92 Å². The van der Waals surface area contributed by atoms with Gasteiger partial charge in [0.1, 0.15) is 5.75 Å². The summed E-state index contributed by atoms with van der Waals surface area (Å²) in [4.78, 5) is 24.7. The van der Waals surface area contributed by atoms with E-state index in [0.29, 0.717) is 12.3 Å². The fraction of sp³-hybridized carbons (Fsp3) is 0.556. The highest BCUT2D eigenvalue weighted by molar-refractivity contribution is 5.78. The minimum Gasteiger partial charge on any atom is -0.482 e. The summed E-state index contributed by atoms with van der Waals surface area (Å²) < 4.78 is 5.10. The van der Waals surface area contributed by atoms with Gasteiger partial charge in [0.2, 0.25) is 5.91 Å². The number of hydrogen-bond donors (Lipinski definition) is 1. The van der Waals surface area contributed by atoms with Crippen LogP contribution in [-0.4, -0.2) is 35.5 Å². The van der Waals surface area contributed by atoms with Gasteiger partial charge in [0.15, 0.2) is 6.61 Å². The predicted molar refractivity (Wildman–Crippen MR) is 89.4 cm³/mol. The number of amides is 1. The van der Waals surface area contributed by atoms with E-state index in [9.17, 15) is 9.59 Å². The average molecular weight is 321 g/mol. The van der Waals surface area contributed by atoms with Gasteiger partial charge < -0.3 is 14.7 Å². The number of aliphatic carboxylic acids is 1. The quantitative estimate of drug-likeness (QED) is 0.718. The normalized spacial score (nSPS) is 10.6. The van der Waals surface area contributed by atoms with E-state index in [4.69, 9.17) is 9.84 Å². The smallest absolute Gasteiger partial charge is 0.341 e. The molecule has 5 heteroatoms. The number of carbonyl (C=O) groups excluding carboxylic acids is 1. The van der Waals surface area contributed by atoms with Gasteiger partial charge in [-0.05, 0) is 30.5 Å². The molecule has 1 aromatic carbocycles. The summed E-state index contributed by atoms with van der Waals surface area (Å²) in [7, 11) is 1.83. The van der Waals surface area contributed by atoms with E-state index in [1.54, 1.807) is 17.0 Å². The summed E-state index contributed by atoms with van der Waals surface area (Å²) in [5.41, 5.74) is 0.996. The molecule has 1 amide bonds.